The van der Waals surface area contributed by atoms with Crippen molar-refractivity contribution < 1.29 is 15.0 Å². The van der Waals surface area contributed by atoms with Crippen molar-refractivity contribution in [2.75, 3.05) is 6.61 Å². The van der Waals surface area contributed by atoms with Crippen LogP contribution in [0.15, 0.2) is 30.5 Å². The predicted octanol–water partition coefficient (Wildman–Crippen LogP) is 1.76. The largest absolute Gasteiger partial charge is 0.476 e. The Bertz CT molecular complexity index is 563. The highest BCUT2D eigenvalue weighted by atomic mass is 35.5. The topological polar surface area (TPSA) is 75.3 Å². The number of carbonyl (C=O) groups is 1. The van der Waals surface area contributed by atoms with E-state index in [4.69, 9.17) is 21.8 Å². The van der Waals surface area contributed by atoms with E-state index < -0.39 is 5.97 Å². The van der Waals surface area contributed by atoms with Gasteiger partial charge in [0.2, 0.25) is 0 Å². The lowest BCUT2D eigenvalue weighted by molar-refractivity contribution is 0.0688. The van der Waals surface area contributed by atoms with E-state index in [0.717, 1.165) is 0 Å². The molecule has 0 unspecified atom stereocenters. The molecule has 2 rings (SSSR count). The third-order valence-corrected chi connectivity index (χ3v) is 2.72. The Labute approximate surface area is 108 Å². The minimum absolute atomic E-state index is 0.0426. The van der Waals surface area contributed by atoms with Crippen molar-refractivity contribution in [1.82, 2.24) is 9.78 Å². The molecule has 1 aromatic heterocycles. The molecule has 1 aromatic carbocycles. The van der Waals surface area contributed by atoms with Gasteiger partial charge in [0, 0.05) is 23.4 Å². The first-order valence-corrected chi connectivity index (χ1v) is 5.68. The second-order valence-electron chi connectivity index (χ2n) is 3.70. The molecule has 0 aliphatic heterocycles. The van der Waals surface area contributed by atoms with Gasteiger partial charge in [-0.1, -0.05) is 11.6 Å². The maximum Gasteiger partial charge on any atom is 0.356 e. The van der Waals surface area contributed by atoms with Gasteiger partial charge in [-0.3, -0.25) is 0 Å². The van der Waals surface area contributed by atoms with Gasteiger partial charge in [0.15, 0.2) is 5.69 Å². The van der Waals surface area contributed by atoms with E-state index in [1.165, 1.54) is 4.68 Å². The summed E-state index contributed by atoms with van der Waals surface area (Å²) in [5.41, 5.74) is 1.17. The highest BCUT2D eigenvalue weighted by Crippen LogP contribution is 2.16. The van der Waals surface area contributed by atoms with E-state index >= 15 is 0 Å². The number of carboxylic acid groups (broad SMARTS) is 1. The molecule has 0 fully saturated rings. The number of aliphatic hydroxyl groups excluding tert-OH is 1. The first-order chi connectivity index (χ1) is 8.61. The quantitative estimate of drug-likeness (QED) is 0.884. The molecule has 0 bridgehead atoms. The van der Waals surface area contributed by atoms with Crippen LogP contribution in [0.5, 0.6) is 0 Å². The molecule has 0 saturated carbocycles. The SMILES string of the molecule is O=C(O)c1nn(-c2ccc(Cl)cc2)cc1CCO. The van der Waals surface area contributed by atoms with E-state index in [0.29, 0.717) is 16.3 Å². The average Bonchev–Trinajstić information content (AvgIpc) is 2.75. The van der Waals surface area contributed by atoms with E-state index in [1.807, 2.05) is 0 Å². The van der Waals surface area contributed by atoms with E-state index in [2.05, 4.69) is 5.10 Å². The second-order valence-corrected chi connectivity index (χ2v) is 4.14. The number of carboxylic acids is 1. The molecule has 0 aliphatic carbocycles. The summed E-state index contributed by atoms with van der Waals surface area (Å²) < 4.78 is 1.46. The van der Waals surface area contributed by atoms with Crippen molar-refractivity contribution in [1.29, 1.82) is 0 Å². The van der Waals surface area contributed by atoms with Crippen molar-refractivity contribution in [3.8, 4) is 5.69 Å². The molecule has 0 saturated heterocycles. The number of aromatic carboxylic acids is 1. The lowest BCUT2D eigenvalue weighted by Gasteiger charge is -2.00. The summed E-state index contributed by atoms with van der Waals surface area (Å²) in [7, 11) is 0. The van der Waals surface area contributed by atoms with Crippen LogP contribution in [0.2, 0.25) is 5.02 Å². The number of hydrogen-bond acceptors (Lipinski definition) is 3. The lowest BCUT2D eigenvalue weighted by atomic mass is 10.2. The van der Waals surface area contributed by atoms with Gasteiger partial charge in [0.1, 0.15) is 0 Å². The Kier molecular flexibility index (Phi) is 3.64. The predicted molar refractivity (Wildman–Crippen MR) is 66.3 cm³/mol. The van der Waals surface area contributed by atoms with Crippen LogP contribution >= 0.6 is 11.6 Å². The summed E-state index contributed by atoms with van der Waals surface area (Å²) in [6.45, 7) is -0.118. The Morgan fingerprint density at radius 1 is 1.33 bits per heavy atom. The molecule has 0 amide bonds. The smallest absolute Gasteiger partial charge is 0.356 e. The molecule has 0 spiro atoms. The minimum atomic E-state index is -1.11. The van der Waals surface area contributed by atoms with Gasteiger partial charge in [-0.05, 0) is 30.7 Å². The average molecular weight is 267 g/mol. The van der Waals surface area contributed by atoms with E-state index in [9.17, 15) is 4.79 Å². The standard InChI is InChI=1S/C12H11ClN2O3/c13-9-1-3-10(4-2-9)15-7-8(5-6-16)11(14-15)12(17)18/h1-4,7,16H,5-6H2,(H,17,18). The van der Waals surface area contributed by atoms with Gasteiger partial charge in [-0.2, -0.15) is 5.10 Å². The summed E-state index contributed by atoms with van der Waals surface area (Å²) in [5.74, 6) is -1.11. The minimum Gasteiger partial charge on any atom is -0.476 e. The van der Waals surface area contributed by atoms with Crippen LogP contribution in [0.4, 0.5) is 0 Å². The zero-order valence-corrected chi connectivity index (χ0v) is 10.1. The van der Waals surface area contributed by atoms with Crippen molar-refractivity contribution in [2.45, 2.75) is 6.42 Å². The Hall–Kier alpha value is -1.85. The van der Waals surface area contributed by atoms with Gasteiger partial charge < -0.3 is 10.2 Å². The highest BCUT2D eigenvalue weighted by Gasteiger charge is 2.15. The fourth-order valence-electron chi connectivity index (χ4n) is 1.62. The summed E-state index contributed by atoms with van der Waals surface area (Å²) in [6.07, 6.45) is 1.86. The molecular formula is C12H11ClN2O3. The van der Waals surface area contributed by atoms with Crippen molar-refractivity contribution in [3.05, 3.63) is 46.7 Å². The zero-order chi connectivity index (χ0) is 13.1. The van der Waals surface area contributed by atoms with Crippen molar-refractivity contribution in [3.63, 3.8) is 0 Å². The molecule has 2 aromatic rings. The molecule has 2 N–H and O–H groups in total. The fourth-order valence-corrected chi connectivity index (χ4v) is 1.75. The van der Waals surface area contributed by atoms with Gasteiger partial charge in [-0.15, -0.1) is 0 Å². The summed E-state index contributed by atoms with van der Waals surface area (Å²) in [6, 6.07) is 6.88. The fraction of sp³-hybridized carbons (Fsp3) is 0.167. The third kappa shape index (κ3) is 2.52. The molecule has 5 nitrogen and oxygen atoms in total. The molecule has 0 aliphatic rings. The van der Waals surface area contributed by atoms with Gasteiger partial charge in [-0.25, -0.2) is 9.48 Å². The Balaban J connectivity index is 2.42. The van der Waals surface area contributed by atoms with Gasteiger partial charge in [0.05, 0.1) is 5.69 Å². The molecule has 1 heterocycles. The Morgan fingerprint density at radius 3 is 2.56 bits per heavy atom. The number of nitrogens with zero attached hydrogens (tertiary/aromatic N) is 2. The zero-order valence-electron chi connectivity index (χ0n) is 9.38. The number of rotatable bonds is 4. The van der Waals surface area contributed by atoms with Gasteiger partial charge in [0.25, 0.3) is 0 Å². The van der Waals surface area contributed by atoms with Crippen LogP contribution in [-0.4, -0.2) is 32.6 Å². The van der Waals surface area contributed by atoms with Crippen LogP contribution in [-0.2, 0) is 6.42 Å². The summed E-state index contributed by atoms with van der Waals surface area (Å²) in [5, 5.41) is 22.5. The number of aliphatic hydroxyl groups is 1. The highest BCUT2D eigenvalue weighted by molar-refractivity contribution is 6.30. The van der Waals surface area contributed by atoms with Crippen LogP contribution < -0.4 is 0 Å². The van der Waals surface area contributed by atoms with E-state index in [-0.39, 0.29) is 18.7 Å². The maximum atomic E-state index is 11.0. The number of hydrogen-bond donors (Lipinski definition) is 2. The van der Waals surface area contributed by atoms with Gasteiger partial charge >= 0.3 is 5.97 Å². The third-order valence-electron chi connectivity index (χ3n) is 2.46. The lowest BCUT2D eigenvalue weighted by Crippen LogP contribution is -2.03. The van der Waals surface area contributed by atoms with Crippen LogP contribution in [0.3, 0.4) is 0 Å². The van der Waals surface area contributed by atoms with Crippen LogP contribution in [0, 0.1) is 0 Å². The Morgan fingerprint density at radius 2 is 2.00 bits per heavy atom. The van der Waals surface area contributed by atoms with Crippen LogP contribution in [0.25, 0.3) is 5.69 Å². The maximum absolute atomic E-state index is 11.0. The molecular weight excluding hydrogens is 256 g/mol. The van der Waals surface area contributed by atoms with Crippen molar-refractivity contribution >= 4 is 17.6 Å². The number of aromatic nitrogens is 2. The molecule has 6 heteroatoms. The van der Waals surface area contributed by atoms with Crippen molar-refractivity contribution in [2.24, 2.45) is 0 Å². The monoisotopic (exact) mass is 266 g/mol. The number of benzene rings is 1. The molecule has 0 radical (unpaired) electrons. The number of halogens is 1. The second kappa shape index (κ2) is 5.20. The molecule has 18 heavy (non-hydrogen) atoms. The summed E-state index contributed by atoms with van der Waals surface area (Å²) in [4.78, 5) is 11.0. The first-order valence-electron chi connectivity index (χ1n) is 5.30. The summed E-state index contributed by atoms with van der Waals surface area (Å²) >= 11 is 5.78. The van der Waals surface area contributed by atoms with E-state index in [1.54, 1.807) is 30.5 Å². The first kappa shape index (κ1) is 12.6. The molecule has 94 valence electrons. The normalized spacial score (nSPS) is 10.6. The molecule has 0 atom stereocenters. The van der Waals surface area contributed by atoms with Crippen LogP contribution in [0.1, 0.15) is 16.1 Å².